The van der Waals surface area contributed by atoms with Crippen LogP contribution >= 0.6 is 11.3 Å². The van der Waals surface area contributed by atoms with Gasteiger partial charge in [-0.2, -0.15) is 0 Å². The number of nitrogens with one attached hydrogen (secondary N) is 2. The number of aryl methyl sites for hydroxylation is 1. The van der Waals surface area contributed by atoms with E-state index in [0.29, 0.717) is 5.69 Å². The summed E-state index contributed by atoms with van der Waals surface area (Å²) in [5.41, 5.74) is 3.56. The number of thiophene rings is 1. The number of aromatic nitrogens is 1. The number of amides is 1. The van der Waals surface area contributed by atoms with Crippen LogP contribution in [0, 0.1) is 6.92 Å². The van der Waals surface area contributed by atoms with E-state index in [9.17, 15) is 4.79 Å². The quantitative estimate of drug-likeness (QED) is 0.701. The van der Waals surface area contributed by atoms with Crippen LogP contribution < -0.4 is 10.1 Å². The molecular weight excluding hydrogens is 346 g/mol. The predicted molar refractivity (Wildman–Crippen MR) is 106 cm³/mol. The molecule has 1 fully saturated rings. The number of aromatic amines is 1. The van der Waals surface area contributed by atoms with Crippen LogP contribution in [0.3, 0.4) is 0 Å². The van der Waals surface area contributed by atoms with E-state index < -0.39 is 0 Å². The van der Waals surface area contributed by atoms with Gasteiger partial charge in [-0.1, -0.05) is 6.07 Å². The van der Waals surface area contributed by atoms with Crippen LogP contribution in [0.2, 0.25) is 0 Å². The Bertz CT molecular complexity index is 938. The molecule has 6 heteroatoms. The summed E-state index contributed by atoms with van der Waals surface area (Å²) in [6.45, 7) is 5.14. The van der Waals surface area contributed by atoms with E-state index >= 15 is 0 Å². The summed E-state index contributed by atoms with van der Waals surface area (Å²) in [4.78, 5) is 20.0. The van der Waals surface area contributed by atoms with Gasteiger partial charge in [-0.25, -0.2) is 0 Å². The van der Waals surface area contributed by atoms with Gasteiger partial charge in [0.25, 0.3) is 5.91 Å². The standard InChI is InChI=1S/C20H23N3O2S/c1-13-10-17-19(26-13)16(12-23-8-3-4-9-23)18(22-17)20(24)21-14-6-5-7-15(11-14)25-2/h5-7,10-11,22H,3-4,8-9,12H2,1-2H3,(H,21,24). The van der Waals surface area contributed by atoms with E-state index in [1.165, 1.54) is 22.4 Å². The Labute approximate surface area is 157 Å². The number of benzene rings is 1. The SMILES string of the molecule is COc1cccc(NC(=O)c2[nH]c3cc(C)sc3c2CN2CCCC2)c1. The Morgan fingerprint density at radius 3 is 2.88 bits per heavy atom. The highest BCUT2D eigenvalue weighted by atomic mass is 32.1. The highest BCUT2D eigenvalue weighted by Crippen LogP contribution is 2.32. The lowest BCUT2D eigenvalue weighted by Gasteiger charge is -2.15. The maximum Gasteiger partial charge on any atom is 0.272 e. The summed E-state index contributed by atoms with van der Waals surface area (Å²) in [7, 11) is 1.62. The van der Waals surface area contributed by atoms with Crippen LogP contribution in [0.25, 0.3) is 10.2 Å². The topological polar surface area (TPSA) is 57.4 Å². The van der Waals surface area contributed by atoms with Crippen molar-refractivity contribution < 1.29 is 9.53 Å². The van der Waals surface area contributed by atoms with Gasteiger partial charge in [0.05, 0.1) is 17.3 Å². The molecule has 0 saturated carbocycles. The number of likely N-dealkylation sites (tertiary alicyclic amines) is 1. The fourth-order valence-electron chi connectivity index (χ4n) is 3.56. The number of carbonyl (C=O) groups is 1. The molecule has 2 N–H and O–H groups in total. The lowest BCUT2D eigenvalue weighted by Crippen LogP contribution is -2.21. The van der Waals surface area contributed by atoms with E-state index in [1.807, 2.05) is 24.3 Å². The van der Waals surface area contributed by atoms with Gasteiger partial charge in [-0.15, -0.1) is 11.3 Å². The Balaban J connectivity index is 1.65. The minimum atomic E-state index is -0.103. The van der Waals surface area contributed by atoms with Crippen molar-refractivity contribution in [3.63, 3.8) is 0 Å². The fourth-order valence-corrected chi connectivity index (χ4v) is 4.57. The van der Waals surface area contributed by atoms with E-state index in [4.69, 9.17) is 4.74 Å². The Hall–Kier alpha value is -2.31. The van der Waals surface area contributed by atoms with Crippen LogP contribution in [0.15, 0.2) is 30.3 Å². The average molecular weight is 369 g/mol. The Kier molecular flexibility index (Phi) is 4.70. The number of anilines is 1. The lowest BCUT2D eigenvalue weighted by molar-refractivity contribution is 0.102. The van der Waals surface area contributed by atoms with Crippen molar-refractivity contribution in [3.8, 4) is 5.75 Å². The first-order chi connectivity index (χ1) is 12.6. The van der Waals surface area contributed by atoms with Gasteiger partial charge in [0.1, 0.15) is 11.4 Å². The van der Waals surface area contributed by atoms with Gasteiger partial charge >= 0.3 is 0 Å². The minimum absolute atomic E-state index is 0.103. The third-order valence-electron chi connectivity index (χ3n) is 4.83. The number of carbonyl (C=O) groups excluding carboxylic acids is 1. The molecule has 2 aromatic heterocycles. The van der Waals surface area contributed by atoms with E-state index in [-0.39, 0.29) is 5.91 Å². The third-order valence-corrected chi connectivity index (χ3v) is 5.94. The maximum atomic E-state index is 13.0. The van der Waals surface area contributed by atoms with Crippen molar-refractivity contribution in [3.05, 3.63) is 46.5 Å². The molecule has 3 heterocycles. The van der Waals surface area contributed by atoms with Crippen molar-refractivity contribution >= 4 is 33.1 Å². The molecule has 0 spiro atoms. The molecule has 0 atom stereocenters. The molecule has 136 valence electrons. The van der Waals surface area contributed by atoms with Crippen LogP contribution in [-0.4, -0.2) is 36.0 Å². The first-order valence-electron chi connectivity index (χ1n) is 8.93. The molecule has 1 saturated heterocycles. The monoisotopic (exact) mass is 369 g/mol. The second-order valence-electron chi connectivity index (χ2n) is 6.75. The molecule has 1 aliphatic rings. The predicted octanol–water partition coefficient (Wildman–Crippen LogP) is 4.39. The van der Waals surface area contributed by atoms with Crippen LogP contribution in [0.5, 0.6) is 5.75 Å². The summed E-state index contributed by atoms with van der Waals surface area (Å²) in [6.07, 6.45) is 2.48. The molecule has 1 aliphatic heterocycles. The van der Waals surface area contributed by atoms with Gasteiger partial charge in [0.2, 0.25) is 0 Å². The average Bonchev–Trinajstić information content (AvgIpc) is 3.33. The highest BCUT2D eigenvalue weighted by Gasteiger charge is 2.23. The number of hydrogen-bond acceptors (Lipinski definition) is 4. The number of fused-ring (bicyclic) bond motifs is 1. The summed E-state index contributed by atoms with van der Waals surface area (Å²) in [6, 6.07) is 9.55. The second-order valence-corrected chi connectivity index (χ2v) is 8.00. The number of hydrogen-bond donors (Lipinski definition) is 2. The first-order valence-corrected chi connectivity index (χ1v) is 9.74. The van der Waals surface area contributed by atoms with Crippen LogP contribution in [-0.2, 0) is 6.54 Å². The summed E-state index contributed by atoms with van der Waals surface area (Å²) < 4.78 is 6.44. The minimum Gasteiger partial charge on any atom is -0.497 e. The van der Waals surface area contributed by atoms with Crippen LogP contribution in [0.4, 0.5) is 5.69 Å². The van der Waals surface area contributed by atoms with Crippen molar-refractivity contribution in [2.75, 3.05) is 25.5 Å². The molecule has 4 rings (SSSR count). The number of rotatable bonds is 5. The molecule has 1 amide bonds. The van der Waals surface area contributed by atoms with E-state index in [2.05, 4.69) is 28.2 Å². The number of methoxy groups -OCH3 is 1. The molecule has 0 aliphatic carbocycles. The normalized spacial score (nSPS) is 14.8. The van der Waals surface area contributed by atoms with Gasteiger partial charge < -0.3 is 15.0 Å². The summed E-state index contributed by atoms with van der Waals surface area (Å²) in [5.74, 6) is 0.622. The maximum absolute atomic E-state index is 13.0. The molecule has 26 heavy (non-hydrogen) atoms. The smallest absolute Gasteiger partial charge is 0.272 e. The number of nitrogens with zero attached hydrogens (tertiary/aromatic N) is 1. The molecule has 0 unspecified atom stereocenters. The highest BCUT2D eigenvalue weighted by molar-refractivity contribution is 7.19. The third kappa shape index (κ3) is 3.34. The van der Waals surface area contributed by atoms with Gasteiger partial charge in [-0.3, -0.25) is 9.69 Å². The Morgan fingerprint density at radius 1 is 1.31 bits per heavy atom. The summed E-state index contributed by atoms with van der Waals surface area (Å²) >= 11 is 1.75. The van der Waals surface area contributed by atoms with Crippen molar-refractivity contribution in [2.45, 2.75) is 26.3 Å². The zero-order chi connectivity index (χ0) is 18.1. The lowest BCUT2D eigenvalue weighted by atomic mass is 10.2. The van der Waals surface area contributed by atoms with Gasteiger partial charge in [-0.05, 0) is 51.1 Å². The molecule has 5 nitrogen and oxygen atoms in total. The van der Waals surface area contributed by atoms with Crippen molar-refractivity contribution in [2.24, 2.45) is 0 Å². The molecule has 0 radical (unpaired) electrons. The molecule has 0 bridgehead atoms. The zero-order valence-corrected chi connectivity index (χ0v) is 15.9. The van der Waals surface area contributed by atoms with Gasteiger partial charge in [0.15, 0.2) is 0 Å². The van der Waals surface area contributed by atoms with E-state index in [1.54, 1.807) is 18.4 Å². The molecule has 1 aromatic carbocycles. The van der Waals surface area contributed by atoms with E-state index in [0.717, 1.165) is 42.2 Å². The number of ether oxygens (including phenoxy) is 1. The largest absolute Gasteiger partial charge is 0.497 e. The van der Waals surface area contributed by atoms with Crippen LogP contribution in [0.1, 0.15) is 33.8 Å². The zero-order valence-electron chi connectivity index (χ0n) is 15.1. The van der Waals surface area contributed by atoms with Crippen molar-refractivity contribution in [1.82, 2.24) is 9.88 Å². The van der Waals surface area contributed by atoms with Gasteiger partial charge in [0, 0.05) is 28.7 Å². The summed E-state index contributed by atoms with van der Waals surface area (Å²) in [5, 5.41) is 3.00. The Morgan fingerprint density at radius 2 is 2.12 bits per heavy atom. The number of H-pyrrole nitrogens is 1. The first kappa shape index (κ1) is 17.1. The fraction of sp³-hybridized carbons (Fsp3) is 0.350. The second kappa shape index (κ2) is 7.13. The van der Waals surface area contributed by atoms with Crippen molar-refractivity contribution in [1.29, 1.82) is 0 Å². The molecular formula is C20H23N3O2S. The molecule has 3 aromatic rings.